The molecule has 0 N–H and O–H groups in total. The molecule has 0 aromatic carbocycles. The number of aldehydes is 1. The average Bonchev–Trinajstić information content (AvgIpc) is 3.21. The molecule has 32 heavy (non-hydrogen) atoms. The SMILES string of the molecule is C[C@H](C=O)[C@H]1CC[C@H]2/C(=C/[C@@H](C)[C@]34CC3C[C@H](O[Si](C)(C)C(C)(C)C)C4=O)CCC[C@]12C. The molecule has 0 aliphatic heterocycles. The standard InChI is InChI=1S/C28H46O3Si/c1-18(17-29)22-11-12-23-20(10-9-13-27(22,23)6)14-19(2)28-16-21(28)15-24(25(28)30)31-32(7,8)26(3,4)5/h14,17-19,21-24H,9-13,15-16H2,1-8H3/b20-14+/t18-,19-,21?,22-,23+,24+,27-,28-/m1/s1. The van der Waals surface area contributed by atoms with E-state index in [1.165, 1.54) is 38.4 Å². The highest BCUT2D eigenvalue weighted by atomic mass is 28.4. The maximum Gasteiger partial charge on any atom is 0.193 e. The second-order valence-corrected chi connectivity index (χ2v) is 18.3. The number of hydrogen-bond acceptors (Lipinski definition) is 3. The topological polar surface area (TPSA) is 43.4 Å². The Kier molecular flexibility index (Phi) is 6.02. The van der Waals surface area contributed by atoms with Gasteiger partial charge in [0.2, 0.25) is 0 Å². The van der Waals surface area contributed by atoms with E-state index in [1.54, 1.807) is 5.57 Å². The maximum absolute atomic E-state index is 13.7. The normalized spacial score (nSPS) is 42.5. The van der Waals surface area contributed by atoms with Crippen molar-refractivity contribution in [2.75, 3.05) is 0 Å². The fourth-order valence-corrected chi connectivity index (χ4v) is 9.00. The number of carbonyl (C=O) groups excluding carboxylic acids is 2. The lowest BCUT2D eigenvalue weighted by atomic mass is 9.61. The zero-order valence-electron chi connectivity index (χ0n) is 21.8. The molecule has 3 nitrogen and oxygen atoms in total. The molecule has 0 radical (unpaired) electrons. The Balaban J connectivity index is 1.51. The number of allylic oxidation sites excluding steroid dienone is 2. The first-order valence-corrected chi connectivity index (χ1v) is 16.1. The van der Waals surface area contributed by atoms with Gasteiger partial charge in [-0.15, -0.1) is 0 Å². The van der Waals surface area contributed by atoms with Crippen LogP contribution in [0.25, 0.3) is 0 Å². The monoisotopic (exact) mass is 458 g/mol. The van der Waals surface area contributed by atoms with Crippen molar-refractivity contribution in [3.8, 4) is 0 Å². The highest BCUT2D eigenvalue weighted by molar-refractivity contribution is 6.74. The third-order valence-corrected chi connectivity index (χ3v) is 15.3. The van der Waals surface area contributed by atoms with E-state index in [-0.39, 0.29) is 27.9 Å². The van der Waals surface area contributed by atoms with E-state index in [2.05, 4.69) is 60.7 Å². The summed E-state index contributed by atoms with van der Waals surface area (Å²) in [6, 6.07) is 0. The number of rotatable bonds is 6. The number of ketones is 1. The van der Waals surface area contributed by atoms with Gasteiger partial charge in [-0.05, 0) is 92.2 Å². The van der Waals surface area contributed by atoms with E-state index in [9.17, 15) is 9.59 Å². The van der Waals surface area contributed by atoms with E-state index < -0.39 is 8.32 Å². The van der Waals surface area contributed by atoms with Crippen molar-refractivity contribution in [1.29, 1.82) is 0 Å². The Morgan fingerprint density at radius 1 is 1.19 bits per heavy atom. The lowest BCUT2D eigenvalue weighted by Crippen LogP contribution is -2.46. The number of fused-ring (bicyclic) bond motifs is 2. The molecule has 0 bridgehead atoms. The first-order valence-electron chi connectivity index (χ1n) is 13.2. The molecule has 0 saturated heterocycles. The fraction of sp³-hybridized carbons (Fsp3) is 0.857. The minimum absolute atomic E-state index is 0.130. The summed E-state index contributed by atoms with van der Waals surface area (Å²) in [5.74, 6) is 2.46. The molecule has 0 spiro atoms. The molecule has 4 heteroatoms. The van der Waals surface area contributed by atoms with Crippen LogP contribution < -0.4 is 0 Å². The van der Waals surface area contributed by atoms with Crippen LogP contribution in [0, 0.1) is 40.4 Å². The molecule has 4 fully saturated rings. The van der Waals surface area contributed by atoms with Crippen LogP contribution in [0.3, 0.4) is 0 Å². The van der Waals surface area contributed by atoms with Crippen molar-refractivity contribution >= 4 is 20.4 Å². The van der Waals surface area contributed by atoms with Crippen LogP contribution in [0.2, 0.25) is 18.1 Å². The minimum Gasteiger partial charge on any atom is -0.407 e. The van der Waals surface area contributed by atoms with Crippen LogP contribution in [-0.2, 0) is 14.0 Å². The van der Waals surface area contributed by atoms with E-state index in [0.29, 0.717) is 29.5 Å². The highest BCUT2D eigenvalue weighted by Crippen LogP contribution is 2.67. The van der Waals surface area contributed by atoms with Crippen molar-refractivity contribution in [2.45, 2.75) is 111 Å². The van der Waals surface area contributed by atoms with Crippen LogP contribution in [0.1, 0.15) is 86.5 Å². The molecule has 0 amide bonds. The van der Waals surface area contributed by atoms with E-state index >= 15 is 0 Å². The van der Waals surface area contributed by atoms with Crippen molar-refractivity contribution in [3.63, 3.8) is 0 Å². The van der Waals surface area contributed by atoms with Crippen molar-refractivity contribution < 1.29 is 14.0 Å². The lowest BCUT2D eigenvalue weighted by Gasteiger charge is -2.44. The van der Waals surface area contributed by atoms with Gasteiger partial charge in [-0.3, -0.25) is 4.79 Å². The molecular weight excluding hydrogens is 412 g/mol. The molecule has 0 heterocycles. The van der Waals surface area contributed by atoms with Crippen LogP contribution in [0.5, 0.6) is 0 Å². The molecule has 0 aromatic heterocycles. The molecule has 4 saturated carbocycles. The molecule has 0 aromatic rings. The summed E-state index contributed by atoms with van der Waals surface area (Å²) in [6.07, 6.45) is 11.5. The van der Waals surface area contributed by atoms with Crippen molar-refractivity contribution in [2.24, 2.45) is 40.4 Å². The highest BCUT2D eigenvalue weighted by Gasteiger charge is 2.69. The van der Waals surface area contributed by atoms with Gasteiger partial charge >= 0.3 is 0 Å². The van der Waals surface area contributed by atoms with E-state index in [4.69, 9.17) is 4.43 Å². The van der Waals surface area contributed by atoms with Crippen LogP contribution in [0.15, 0.2) is 11.6 Å². The number of Topliss-reactive ketones (excluding diaryl/α,β-unsaturated/α-hetero) is 1. The quantitative estimate of drug-likeness (QED) is 0.245. The van der Waals surface area contributed by atoms with Gasteiger partial charge in [0.25, 0.3) is 0 Å². The predicted octanol–water partition coefficient (Wildman–Crippen LogP) is 6.97. The summed E-state index contributed by atoms with van der Waals surface area (Å²) in [7, 11) is -1.95. The number of hydrogen-bond donors (Lipinski definition) is 0. The summed E-state index contributed by atoms with van der Waals surface area (Å²) in [4.78, 5) is 25.2. The van der Waals surface area contributed by atoms with Crippen LogP contribution in [-0.4, -0.2) is 26.5 Å². The maximum atomic E-state index is 13.7. The second-order valence-electron chi connectivity index (χ2n) is 13.5. The number of carbonyl (C=O) groups is 2. The van der Waals surface area contributed by atoms with Gasteiger partial charge in [-0.1, -0.05) is 53.2 Å². The van der Waals surface area contributed by atoms with Gasteiger partial charge in [-0.25, -0.2) is 0 Å². The molecular formula is C28H46O3Si. The Labute approximate surface area is 197 Å². The first kappa shape index (κ1) is 24.4. The second kappa shape index (κ2) is 7.90. The first-order chi connectivity index (χ1) is 14.8. The van der Waals surface area contributed by atoms with Gasteiger partial charge in [0.05, 0.1) is 0 Å². The molecule has 1 unspecified atom stereocenters. The van der Waals surface area contributed by atoms with Crippen molar-refractivity contribution in [1.82, 2.24) is 0 Å². The minimum atomic E-state index is -1.95. The smallest absolute Gasteiger partial charge is 0.193 e. The largest absolute Gasteiger partial charge is 0.407 e. The summed E-state index contributed by atoms with van der Waals surface area (Å²) < 4.78 is 6.62. The van der Waals surface area contributed by atoms with Crippen LogP contribution >= 0.6 is 0 Å². The van der Waals surface area contributed by atoms with Gasteiger partial charge < -0.3 is 9.22 Å². The zero-order chi connectivity index (χ0) is 23.7. The Morgan fingerprint density at radius 3 is 2.50 bits per heavy atom. The van der Waals surface area contributed by atoms with E-state index in [0.717, 1.165) is 12.8 Å². The predicted molar refractivity (Wildman–Crippen MR) is 133 cm³/mol. The van der Waals surface area contributed by atoms with Gasteiger partial charge in [0, 0.05) is 11.3 Å². The molecule has 8 atom stereocenters. The fourth-order valence-electron chi connectivity index (χ4n) is 7.73. The van der Waals surface area contributed by atoms with Gasteiger partial charge in [0.1, 0.15) is 12.4 Å². The molecule has 4 rings (SSSR count). The van der Waals surface area contributed by atoms with Crippen molar-refractivity contribution in [3.05, 3.63) is 11.6 Å². The summed E-state index contributed by atoms with van der Waals surface area (Å²) >= 11 is 0. The molecule has 180 valence electrons. The van der Waals surface area contributed by atoms with Gasteiger partial charge in [-0.2, -0.15) is 0 Å². The van der Waals surface area contributed by atoms with E-state index in [1.807, 2.05) is 0 Å². The Morgan fingerprint density at radius 2 is 1.88 bits per heavy atom. The lowest BCUT2D eigenvalue weighted by molar-refractivity contribution is -0.130. The summed E-state index contributed by atoms with van der Waals surface area (Å²) in [5.41, 5.74) is 1.67. The summed E-state index contributed by atoms with van der Waals surface area (Å²) in [5, 5.41) is 0.130. The molecule has 4 aliphatic carbocycles. The average molecular weight is 459 g/mol. The zero-order valence-corrected chi connectivity index (χ0v) is 22.8. The Bertz CT molecular complexity index is 808. The van der Waals surface area contributed by atoms with Crippen LogP contribution in [0.4, 0.5) is 0 Å². The molecule has 4 aliphatic rings. The Hall–Kier alpha value is -0.743. The third kappa shape index (κ3) is 3.63. The van der Waals surface area contributed by atoms with Gasteiger partial charge in [0.15, 0.2) is 14.1 Å². The third-order valence-electron chi connectivity index (χ3n) is 10.8. The summed E-state index contributed by atoms with van der Waals surface area (Å²) in [6.45, 7) is 18.1.